The number of nitrogens with zero attached hydrogens (tertiary/aromatic N) is 2. The largest absolute Gasteiger partial charge is 0.444 e. The van der Waals surface area contributed by atoms with Crippen molar-refractivity contribution in [2.75, 3.05) is 13.6 Å². The standard InChI is InChI=1S/C19H24N2O6/c1-19(2,3)26-18(25)20(4)12-8-7-11-15(22)27-21-16(23)13-9-5-6-10-14(13)17(21)24/h5-6,9-10H,7-8,11-12H2,1-4H3. The van der Waals surface area contributed by atoms with Gasteiger partial charge in [0.2, 0.25) is 0 Å². The molecule has 1 heterocycles. The maximum Gasteiger partial charge on any atom is 0.410 e. The van der Waals surface area contributed by atoms with Crippen LogP contribution in [-0.2, 0) is 14.4 Å². The van der Waals surface area contributed by atoms with Crippen molar-refractivity contribution in [1.29, 1.82) is 0 Å². The van der Waals surface area contributed by atoms with Crippen molar-refractivity contribution < 1.29 is 28.8 Å². The fourth-order valence-corrected chi connectivity index (χ4v) is 2.45. The predicted octanol–water partition coefficient (Wildman–Crippen LogP) is 2.78. The first kappa shape index (κ1) is 20.4. The number of unbranched alkanes of at least 4 members (excludes halogenated alkanes) is 1. The second kappa shape index (κ2) is 8.20. The molecule has 0 radical (unpaired) electrons. The smallest absolute Gasteiger partial charge is 0.410 e. The van der Waals surface area contributed by atoms with Crippen molar-refractivity contribution in [2.24, 2.45) is 0 Å². The summed E-state index contributed by atoms with van der Waals surface area (Å²) in [5, 5.41) is 0.500. The molecular weight excluding hydrogens is 352 g/mol. The number of rotatable bonds is 6. The molecule has 0 atom stereocenters. The molecule has 3 amide bonds. The molecule has 0 saturated heterocycles. The minimum absolute atomic E-state index is 0.0234. The molecule has 1 aromatic rings. The Morgan fingerprint density at radius 1 is 1.04 bits per heavy atom. The van der Waals surface area contributed by atoms with Crippen molar-refractivity contribution >= 4 is 23.9 Å². The Kier molecular flexibility index (Phi) is 6.20. The Morgan fingerprint density at radius 2 is 1.59 bits per heavy atom. The van der Waals surface area contributed by atoms with E-state index in [2.05, 4.69) is 0 Å². The molecule has 0 spiro atoms. The summed E-state index contributed by atoms with van der Waals surface area (Å²) < 4.78 is 5.23. The van der Waals surface area contributed by atoms with Gasteiger partial charge in [-0.3, -0.25) is 9.59 Å². The molecule has 0 aromatic heterocycles. The van der Waals surface area contributed by atoms with E-state index in [-0.39, 0.29) is 17.5 Å². The molecule has 0 unspecified atom stereocenters. The molecule has 2 rings (SSSR count). The van der Waals surface area contributed by atoms with E-state index in [4.69, 9.17) is 9.57 Å². The number of amides is 3. The highest BCUT2D eigenvalue weighted by Crippen LogP contribution is 2.23. The lowest BCUT2D eigenvalue weighted by molar-refractivity contribution is -0.168. The van der Waals surface area contributed by atoms with Gasteiger partial charge in [0, 0.05) is 20.0 Å². The number of benzene rings is 1. The number of carbonyl (C=O) groups is 4. The summed E-state index contributed by atoms with van der Waals surface area (Å²) in [6.45, 7) is 5.77. The van der Waals surface area contributed by atoms with E-state index in [1.807, 2.05) is 0 Å². The first-order chi connectivity index (χ1) is 12.6. The number of hydrogen-bond donors (Lipinski definition) is 0. The van der Waals surface area contributed by atoms with Gasteiger partial charge in [-0.15, -0.1) is 0 Å². The van der Waals surface area contributed by atoms with Crippen molar-refractivity contribution in [3.8, 4) is 0 Å². The summed E-state index contributed by atoms with van der Waals surface area (Å²) in [5.74, 6) is -1.97. The van der Waals surface area contributed by atoms with Crippen LogP contribution in [0.1, 0.15) is 60.7 Å². The quantitative estimate of drug-likeness (QED) is 0.560. The van der Waals surface area contributed by atoms with E-state index in [1.54, 1.807) is 40.0 Å². The third-order valence-electron chi connectivity index (χ3n) is 3.78. The Labute approximate surface area is 158 Å². The van der Waals surface area contributed by atoms with Crippen LogP contribution in [0, 0.1) is 0 Å². The highest BCUT2D eigenvalue weighted by molar-refractivity contribution is 6.20. The highest BCUT2D eigenvalue weighted by Gasteiger charge is 2.38. The molecule has 146 valence electrons. The van der Waals surface area contributed by atoms with E-state index >= 15 is 0 Å². The molecule has 0 bridgehead atoms. The summed E-state index contributed by atoms with van der Waals surface area (Å²) in [7, 11) is 1.62. The first-order valence-electron chi connectivity index (χ1n) is 8.73. The minimum atomic E-state index is -0.676. The Morgan fingerprint density at radius 3 is 2.11 bits per heavy atom. The fraction of sp³-hybridized carbons (Fsp3) is 0.474. The number of carbonyl (C=O) groups excluding carboxylic acids is 4. The normalized spacial score (nSPS) is 13.4. The topological polar surface area (TPSA) is 93.2 Å². The van der Waals surface area contributed by atoms with E-state index in [9.17, 15) is 19.2 Å². The van der Waals surface area contributed by atoms with Crippen LogP contribution in [0.3, 0.4) is 0 Å². The maximum atomic E-state index is 12.1. The number of hydrogen-bond acceptors (Lipinski definition) is 6. The van der Waals surface area contributed by atoms with Gasteiger partial charge in [0.25, 0.3) is 11.8 Å². The van der Waals surface area contributed by atoms with Crippen LogP contribution in [0.15, 0.2) is 24.3 Å². The zero-order chi connectivity index (χ0) is 20.2. The Balaban J connectivity index is 1.74. The molecule has 0 N–H and O–H groups in total. The van der Waals surface area contributed by atoms with E-state index in [0.717, 1.165) is 0 Å². The molecule has 0 aliphatic carbocycles. The first-order valence-corrected chi connectivity index (χ1v) is 8.73. The van der Waals surface area contributed by atoms with Crippen LogP contribution in [0.5, 0.6) is 0 Å². The molecule has 0 fully saturated rings. The monoisotopic (exact) mass is 376 g/mol. The fourth-order valence-electron chi connectivity index (χ4n) is 2.45. The summed E-state index contributed by atoms with van der Waals surface area (Å²) >= 11 is 0. The minimum Gasteiger partial charge on any atom is -0.444 e. The molecule has 27 heavy (non-hydrogen) atoms. The molecule has 1 aliphatic heterocycles. The second-order valence-electron chi connectivity index (χ2n) is 7.27. The molecule has 8 nitrogen and oxygen atoms in total. The van der Waals surface area contributed by atoms with Gasteiger partial charge in [-0.2, -0.15) is 0 Å². The number of ether oxygens (including phenoxy) is 1. The van der Waals surface area contributed by atoms with Crippen LogP contribution in [-0.4, -0.2) is 53.0 Å². The van der Waals surface area contributed by atoms with Gasteiger partial charge in [0.1, 0.15) is 5.60 Å². The van der Waals surface area contributed by atoms with Crippen molar-refractivity contribution in [3.05, 3.63) is 35.4 Å². The van der Waals surface area contributed by atoms with Crippen LogP contribution < -0.4 is 0 Å². The number of imide groups is 1. The lowest BCUT2D eigenvalue weighted by Gasteiger charge is -2.24. The molecule has 8 heteroatoms. The van der Waals surface area contributed by atoms with Gasteiger partial charge in [-0.05, 0) is 45.7 Å². The Bertz CT molecular complexity index is 718. The average molecular weight is 376 g/mol. The molecule has 1 aromatic carbocycles. The van der Waals surface area contributed by atoms with E-state index in [1.165, 1.54) is 17.0 Å². The van der Waals surface area contributed by atoms with Gasteiger partial charge in [0.05, 0.1) is 11.1 Å². The predicted molar refractivity (Wildman–Crippen MR) is 95.7 cm³/mol. The van der Waals surface area contributed by atoms with Gasteiger partial charge in [0.15, 0.2) is 0 Å². The molecular formula is C19H24N2O6. The summed E-state index contributed by atoms with van der Waals surface area (Å²) in [4.78, 5) is 54.4. The van der Waals surface area contributed by atoms with Crippen LogP contribution >= 0.6 is 0 Å². The Hall–Kier alpha value is -2.90. The summed E-state index contributed by atoms with van der Waals surface area (Å²) in [6.07, 6.45) is 0.577. The van der Waals surface area contributed by atoms with Crippen LogP contribution in [0.2, 0.25) is 0 Å². The maximum absolute atomic E-state index is 12.1. The van der Waals surface area contributed by atoms with Crippen molar-refractivity contribution in [1.82, 2.24) is 9.96 Å². The van der Waals surface area contributed by atoms with Crippen molar-refractivity contribution in [3.63, 3.8) is 0 Å². The van der Waals surface area contributed by atoms with Crippen molar-refractivity contribution in [2.45, 2.75) is 45.6 Å². The van der Waals surface area contributed by atoms with Crippen LogP contribution in [0.4, 0.5) is 4.79 Å². The summed E-state index contributed by atoms with van der Waals surface area (Å²) in [6, 6.07) is 6.29. The summed E-state index contributed by atoms with van der Waals surface area (Å²) in [5.41, 5.74) is -0.134. The number of hydroxylamine groups is 2. The van der Waals surface area contributed by atoms with E-state index in [0.29, 0.717) is 24.4 Å². The molecule has 0 saturated carbocycles. The van der Waals surface area contributed by atoms with Crippen LogP contribution in [0.25, 0.3) is 0 Å². The lowest BCUT2D eigenvalue weighted by Crippen LogP contribution is -2.35. The zero-order valence-electron chi connectivity index (χ0n) is 16.0. The lowest BCUT2D eigenvalue weighted by atomic mass is 10.1. The molecule has 1 aliphatic rings. The van der Waals surface area contributed by atoms with Gasteiger partial charge < -0.3 is 14.5 Å². The zero-order valence-corrected chi connectivity index (χ0v) is 16.0. The van der Waals surface area contributed by atoms with E-state index < -0.39 is 29.5 Å². The van der Waals surface area contributed by atoms with Gasteiger partial charge in [-0.25, -0.2) is 9.59 Å². The SMILES string of the molecule is CN(CCCCC(=O)ON1C(=O)c2ccccc2C1=O)C(=O)OC(C)(C)C. The highest BCUT2D eigenvalue weighted by atomic mass is 16.7. The van der Waals surface area contributed by atoms with Gasteiger partial charge in [-0.1, -0.05) is 17.2 Å². The number of fused-ring (bicyclic) bond motifs is 1. The van der Waals surface area contributed by atoms with Gasteiger partial charge >= 0.3 is 12.1 Å². The third kappa shape index (κ3) is 5.29. The average Bonchev–Trinajstić information content (AvgIpc) is 2.82. The second-order valence-corrected chi connectivity index (χ2v) is 7.27. The third-order valence-corrected chi connectivity index (χ3v) is 3.78.